The number of fused-ring (bicyclic) bond motifs is 2. The van der Waals surface area contributed by atoms with E-state index in [0.29, 0.717) is 25.1 Å². The van der Waals surface area contributed by atoms with Crippen molar-refractivity contribution in [2.75, 3.05) is 50.2 Å². The van der Waals surface area contributed by atoms with Gasteiger partial charge in [0.15, 0.2) is 11.6 Å². The predicted octanol–water partition coefficient (Wildman–Crippen LogP) is 5.70. The van der Waals surface area contributed by atoms with Gasteiger partial charge in [0.1, 0.15) is 30.0 Å². The molecule has 4 heterocycles. The second-order valence-corrected chi connectivity index (χ2v) is 14.7. The Morgan fingerprint density at radius 3 is 2.74 bits per heavy atom. The molecule has 280 valence electrons. The van der Waals surface area contributed by atoms with Crippen molar-refractivity contribution >= 4 is 34.3 Å². The average molecular weight is 731 g/mol. The van der Waals surface area contributed by atoms with Gasteiger partial charge in [0, 0.05) is 57.3 Å². The smallest absolute Gasteiger partial charge is 0.420 e. The van der Waals surface area contributed by atoms with E-state index in [0.717, 1.165) is 38.5 Å². The van der Waals surface area contributed by atoms with Gasteiger partial charge in [0.05, 0.1) is 28.9 Å². The van der Waals surface area contributed by atoms with Crippen molar-refractivity contribution in [3.8, 4) is 29.9 Å². The first-order valence-corrected chi connectivity index (χ1v) is 18.0. The summed E-state index contributed by atoms with van der Waals surface area (Å²) < 4.78 is 47.8. The number of amides is 2. The summed E-state index contributed by atoms with van der Waals surface area (Å²) in [4.78, 5) is 41.0. The minimum Gasteiger partial charge on any atom is -0.508 e. The summed E-state index contributed by atoms with van der Waals surface area (Å²) in [6.07, 6.45) is 10.3. The number of nitrogens with zero attached hydrogens (tertiary/aromatic N) is 5. The third-order valence-electron chi connectivity index (χ3n) is 11.3. The highest BCUT2D eigenvalue weighted by Crippen LogP contribution is 2.42. The molecule has 2 atom stereocenters. The molecular weight excluding hydrogens is 686 g/mol. The molecule has 2 saturated heterocycles. The van der Waals surface area contributed by atoms with Gasteiger partial charge in [-0.3, -0.25) is 14.6 Å². The van der Waals surface area contributed by atoms with Crippen LogP contribution >= 0.6 is 0 Å². The highest BCUT2D eigenvalue weighted by Gasteiger charge is 2.47. The summed E-state index contributed by atoms with van der Waals surface area (Å²) in [6, 6.07) is 5.56. The SMILES string of the molecule is C#Cc1c(F)ccc2cc(O)cc(N3Cc4nc(OC[C@]5(C)C[C@@H](F)CN5C5CCOCC5)nc(NCC5(N(C)C(=O)C=C)CCCC5)c4OC3=O)c12. The van der Waals surface area contributed by atoms with Crippen LogP contribution in [0.4, 0.5) is 25.1 Å². The number of likely N-dealkylation sites (tertiary alicyclic amines) is 1. The monoisotopic (exact) mass is 730 g/mol. The minimum atomic E-state index is -1.02. The molecule has 3 fully saturated rings. The number of hydrogen-bond donors (Lipinski definition) is 2. The third-order valence-corrected chi connectivity index (χ3v) is 11.3. The van der Waals surface area contributed by atoms with E-state index in [9.17, 15) is 19.1 Å². The lowest BCUT2D eigenvalue weighted by molar-refractivity contribution is -0.129. The first-order valence-electron chi connectivity index (χ1n) is 18.0. The molecule has 3 aliphatic heterocycles. The molecule has 0 spiro atoms. The number of phenols is 1. The van der Waals surface area contributed by atoms with Crippen LogP contribution in [0.2, 0.25) is 0 Å². The highest BCUT2D eigenvalue weighted by atomic mass is 19.1. The summed E-state index contributed by atoms with van der Waals surface area (Å²) in [5.41, 5.74) is -0.875. The van der Waals surface area contributed by atoms with Gasteiger partial charge in [-0.05, 0) is 56.2 Å². The Kier molecular flexibility index (Phi) is 9.90. The van der Waals surface area contributed by atoms with Crippen LogP contribution in [0.3, 0.4) is 0 Å². The lowest BCUT2D eigenvalue weighted by Crippen LogP contribution is -2.52. The zero-order chi connectivity index (χ0) is 37.5. The van der Waals surface area contributed by atoms with Gasteiger partial charge in [0.2, 0.25) is 5.91 Å². The van der Waals surface area contributed by atoms with Gasteiger partial charge >= 0.3 is 12.1 Å². The van der Waals surface area contributed by atoms with Crippen LogP contribution in [0, 0.1) is 18.2 Å². The van der Waals surface area contributed by atoms with Crippen molar-refractivity contribution in [2.45, 2.75) is 81.7 Å². The maximum absolute atomic E-state index is 15.0. The first kappa shape index (κ1) is 36.4. The zero-order valence-electron chi connectivity index (χ0n) is 30.0. The number of phenolic OH excluding ortho intramolecular Hbond substituents is 1. The quantitative estimate of drug-likeness (QED) is 0.198. The van der Waals surface area contributed by atoms with Crippen LogP contribution in [-0.4, -0.2) is 100 Å². The standard InChI is InChI=1S/C39H44F2N6O6/c1-5-28-29(41)10-9-24-17-27(48)18-31(33(24)28)46-21-30-34(53-37(46)50)35(42-22-39(13-7-8-14-39)45(4)32(49)6-2)44-36(43-30)52-23-38(3)19-25(40)20-47(38)26-11-15-51-16-12-26/h1,6,9-10,17-18,25-26,48H,2,7-8,11-16,19-23H2,3-4H3,(H,42,43,44)/t25-,38+/m1/s1. The molecule has 7 rings (SSSR count). The molecule has 2 amide bonds. The summed E-state index contributed by atoms with van der Waals surface area (Å²) in [6.45, 7) is 7.38. The van der Waals surface area contributed by atoms with E-state index < -0.39 is 29.2 Å². The van der Waals surface area contributed by atoms with E-state index in [4.69, 9.17) is 20.6 Å². The normalized spacial score (nSPS) is 23.0. The van der Waals surface area contributed by atoms with Crippen LogP contribution in [0.25, 0.3) is 10.8 Å². The number of carbonyl (C=O) groups excluding carboxylic acids is 2. The second kappa shape index (κ2) is 14.4. The van der Waals surface area contributed by atoms with Crippen molar-refractivity contribution in [3.63, 3.8) is 0 Å². The number of rotatable bonds is 10. The maximum Gasteiger partial charge on any atom is 0.420 e. The van der Waals surface area contributed by atoms with Crippen LogP contribution < -0.4 is 19.7 Å². The lowest BCUT2D eigenvalue weighted by Gasteiger charge is -2.41. The van der Waals surface area contributed by atoms with Gasteiger partial charge < -0.3 is 29.5 Å². The molecular formula is C39H44F2N6O6. The Hall–Kier alpha value is -5.00. The molecule has 3 aromatic rings. The van der Waals surface area contributed by atoms with Crippen molar-refractivity contribution in [1.82, 2.24) is 19.8 Å². The van der Waals surface area contributed by atoms with Gasteiger partial charge in [-0.15, -0.1) is 6.42 Å². The number of aromatic hydroxyl groups is 1. The molecule has 12 nitrogen and oxygen atoms in total. The summed E-state index contributed by atoms with van der Waals surface area (Å²) in [7, 11) is 1.75. The van der Waals surface area contributed by atoms with E-state index in [1.54, 1.807) is 11.9 Å². The molecule has 0 radical (unpaired) electrons. The molecule has 2 N–H and O–H groups in total. The Balaban J connectivity index is 1.25. The minimum absolute atomic E-state index is 0.0215. The second-order valence-electron chi connectivity index (χ2n) is 14.7. The summed E-state index contributed by atoms with van der Waals surface area (Å²) in [5, 5.41) is 14.6. The molecule has 53 heavy (non-hydrogen) atoms. The van der Waals surface area contributed by atoms with Crippen LogP contribution in [0.5, 0.6) is 17.5 Å². The molecule has 1 saturated carbocycles. The van der Waals surface area contributed by atoms with E-state index in [1.807, 2.05) is 6.92 Å². The van der Waals surface area contributed by atoms with Gasteiger partial charge in [-0.1, -0.05) is 31.4 Å². The van der Waals surface area contributed by atoms with E-state index in [-0.39, 0.29) is 83.7 Å². The van der Waals surface area contributed by atoms with Crippen molar-refractivity contribution < 1.29 is 37.7 Å². The molecule has 1 aliphatic carbocycles. The van der Waals surface area contributed by atoms with E-state index in [1.165, 1.54) is 35.2 Å². The number of ether oxygens (including phenoxy) is 3. The number of aromatic nitrogens is 2. The number of carbonyl (C=O) groups is 2. The number of benzene rings is 2. The fourth-order valence-corrected chi connectivity index (χ4v) is 8.49. The third kappa shape index (κ3) is 6.84. The van der Waals surface area contributed by atoms with Gasteiger partial charge in [-0.25, -0.2) is 13.6 Å². The fraction of sp³-hybridized carbons (Fsp3) is 0.487. The zero-order valence-corrected chi connectivity index (χ0v) is 30.0. The Labute approximate surface area is 307 Å². The lowest BCUT2D eigenvalue weighted by atomic mass is 9.95. The molecule has 14 heteroatoms. The molecule has 0 bridgehead atoms. The molecule has 1 aromatic heterocycles. The van der Waals surface area contributed by atoms with E-state index in [2.05, 4.69) is 32.7 Å². The van der Waals surface area contributed by atoms with Crippen LogP contribution in [0.15, 0.2) is 36.9 Å². The molecule has 0 unspecified atom stereocenters. The summed E-state index contributed by atoms with van der Waals surface area (Å²) in [5.74, 6) is 1.58. The predicted molar refractivity (Wildman–Crippen MR) is 194 cm³/mol. The van der Waals surface area contributed by atoms with Gasteiger partial charge in [-0.2, -0.15) is 9.97 Å². The van der Waals surface area contributed by atoms with Gasteiger partial charge in [0.25, 0.3) is 0 Å². The topological polar surface area (TPSA) is 130 Å². The van der Waals surface area contributed by atoms with Crippen molar-refractivity contribution in [3.05, 3.63) is 54.0 Å². The Morgan fingerprint density at radius 2 is 2.02 bits per heavy atom. The maximum atomic E-state index is 15.0. The largest absolute Gasteiger partial charge is 0.508 e. The number of alkyl halides is 1. The molecule has 4 aliphatic rings. The van der Waals surface area contributed by atoms with E-state index >= 15 is 4.39 Å². The molecule has 2 aromatic carbocycles. The summed E-state index contributed by atoms with van der Waals surface area (Å²) >= 11 is 0. The highest BCUT2D eigenvalue weighted by molar-refractivity contribution is 6.06. The number of nitrogens with one attached hydrogen (secondary N) is 1. The Bertz CT molecular complexity index is 1980. The van der Waals surface area contributed by atoms with Crippen LogP contribution in [0.1, 0.15) is 63.1 Å². The van der Waals surface area contributed by atoms with Crippen molar-refractivity contribution in [1.29, 1.82) is 0 Å². The first-order chi connectivity index (χ1) is 25.4. The van der Waals surface area contributed by atoms with Crippen LogP contribution in [-0.2, 0) is 16.1 Å². The fourth-order valence-electron chi connectivity index (χ4n) is 8.49. The number of anilines is 2. The number of likely N-dealkylation sites (N-methyl/N-ethyl adjacent to an activating group) is 1. The number of halogens is 2. The number of terminal acetylenes is 1. The average Bonchev–Trinajstić information content (AvgIpc) is 3.76. The van der Waals surface area contributed by atoms with Crippen molar-refractivity contribution in [2.24, 2.45) is 0 Å². The number of hydrogen-bond acceptors (Lipinski definition) is 10. The Morgan fingerprint density at radius 1 is 1.26 bits per heavy atom.